The van der Waals surface area contributed by atoms with Crippen molar-refractivity contribution in [2.45, 2.75) is 128 Å². The molecule has 2 amide bonds. The summed E-state index contributed by atoms with van der Waals surface area (Å²) in [7, 11) is 0. The topological polar surface area (TPSA) is 182 Å². The van der Waals surface area contributed by atoms with Gasteiger partial charge in [-0.2, -0.15) is 0 Å². The van der Waals surface area contributed by atoms with Crippen LogP contribution in [0.15, 0.2) is 24.6 Å². The van der Waals surface area contributed by atoms with Crippen molar-refractivity contribution < 1.29 is 29.6 Å². The van der Waals surface area contributed by atoms with E-state index in [0.717, 1.165) is 25.7 Å². The monoisotopic (exact) mass is 501 g/mol. The zero-order valence-corrected chi connectivity index (χ0v) is 21.8. The number of unbranched alkanes of at least 4 members (excludes halogenated alkanes) is 12. The van der Waals surface area contributed by atoms with Gasteiger partial charge in [0.25, 0.3) is 5.91 Å². The lowest BCUT2D eigenvalue weighted by Crippen LogP contribution is -2.53. The van der Waals surface area contributed by atoms with Crippen molar-refractivity contribution in [1.29, 1.82) is 0 Å². The Balaban J connectivity index is 0. The second-order valence-electron chi connectivity index (χ2n) is 8.70. The van der Waals surface area contributed by atoms with Crippen molar-refractivity contribution in [2.75, 3.05) is 0 Å². The molecule has 0 aliphatic carbocycles. The van der Waals surface area contributed by atoms with Gasteiger partial charge in [0.2, 0.25) is 12.0 Å². The van der Waals surface area contributed by atoms with E-state index in [-0.39, 0.29) is 0 Å². The average Bonchev–Trinajstić information content (AvgIpc) is 2.83. The van der Waals surface area contributed by atoms with Crippen molar-refractivity contribution in [1.82, 2.24) is 0 Å². The number of aliphatic hydroxyl groups is 3. The molecule has 206 valence electrons. The van der Waals surface area contributed by atoms with Gasteiger partial charge in [0.15, 0.2) is 6.10 Å². The predicted molar refractivity (Wildman–Crippen MR) is 140 cm³/mol. The Bertz CT molecular complexity index is 571. The van der Waals surface area contributed by atoms with Gasteiger partial charge in [-0.15, -0.1) is 0 Å². The molecule has 35 heavy (non-hydrogen) atoms. The molecule has 0 radical (unpaired) electrons. The third-order valence-electron chi connectivity index (χ3n) is 5.46. The standard InChI is InChI=1S/C16H30N2O6.C10H21N/c1-2-3-4-5-6-7-8-9-10-24-14(16(18)23)12(20)11(19)13(21)15(17)22;1-2-3-4-5-6-7-8-9-10-11/h9-14,19-21H,2-8H2,1H3,(H2,17,22)(H2,18,23);9-10H,2-8,11H2,1H3/b2*10-9+/t11-,12-,13-,14+;/m0./s1. The van der Waals surface area contributed by atoms with Crippen molar-refractivity contribution in [3.63, 3.8) is 0 Å². The fourth-order valence-corrected chi connectivity index (χ4v) is 3.24. The molecule has 0 aliphatic rings. The Hall–Kier alpha value is -2.10. The fourth-order valence-electron chi connectivity index (χ4n) is 3.24. The number of carbonyl (C=O) groups excluding carboxylic acids is 2. The van der Waals surface area contributed by atoms with Crippen molar-refractivity contribution in [3.05, 3.63) is 24.6 Å². The van der Waals surface area contributed by atoms with Gasteiger partial charge >= 0.3 is 0 Å². The second kappa shape index (κ2) is 25.0. The highest BCUT2D eigenvalue weighted by Gasteiger charge is 2.37. The summed E-state index contributed by atoms with van der Waals surface area (Å²) in [4.78, 5) is 22.1. The summed E-state index contributed by atoms with van der Waals surface area (Å²) in [5.74, 6) is -2.27. The molecule has 0 saturated heterocycles. The number of allylic oxidation sites excluding steroid dienone is 2. The van der Waals surface area contributed by atoms with E-state index in [1.807, 2.05) is 6.08 Å². The van der Waals surface area contributed by atoms with Crippen molar-refractivity contribution in [3.8, 4) is 0 Å². The van der Waals surface area contributed by atoms with E-state index in [0.29, 0.717) is 0 Å². The minimum absolute atomic E-state index is 0.736. The van der Waals surface area contributed by atoms with Gasteiger partial charge in [0.1, 0.15) is 12.2 Å². The lowest BCUT2D eigenvalue weighted by molar-refractivity contribution is -0.152. The molecular formula is C26H51N3O6. The number of rotatable bonds is 21. The number of ether oxygens (including phenoxy) is 1. The van der Waals surface area contributed by atoms with Crippen LogP contribution in [0.3, 0.4) is 0 Å². The Morgan fingerprint density at radius 2 is 1.17 bits per heavy atom. The van der Waals surface area contributed by atoms with E-state index in [1.165, 1.54) is 70.5 Å². The van der Waals surface area contributed by atoms with E-state index in [4.69, 9.17) is 21.9 Å². The molecule has 0 aromatic carbocycles. The van der Waals surface area contributed by atoms with Crippen LogP contribution in [0.25, 0.3) is 0 Å². The third kappa shape index (κ3) is 20.9. The lowest BCUT2D eigenvalue weighted by Gasteiger charge is -2.25. The molecule has 9 N–H and O–H groups in total. The number of hydrogen-bond donors (Lipinski definition) is 6. The molecule has 0 bridgehead atoms. The first-order valence-corrected chi connectivity index (χ1v) is 13.0. The number of primary amides is 2. The molecule has 4 atom stereocenters. The number of hydrogen-bond acceptors (Lipinski definition) is 7. The molecule has 0 aromatic rings. The van der Waals surface area contributed by atoms with E-state index < -0.39 is 36.2 Å². The van der Waals surface area contributed by atoms with Crippen molar-refractivity contribution in [2.24, 2.45) is 17.2 Å². The normalized spacial score (nSPS) is 14.8. The minimum Gasteiger partial charge on any atom is -0.486 e. The van der Waals surface area contributed by atoms with Crippen LogP contribution in [-0.2, 0) is 14.3 Å². The van der Waals surface area contributed by atoms with Gasteiger partial charge in [-0.05, 0) is 38.0 Å². The van der Waals surface area contributed by atoms with Crippen LogP contribution in [0.4, 0.5) is 0 Å². The molecule has 0 saturated carbocycles. The van der Waals surface area contributed by atoms with E-state index >= 15 is 0 Å². The molecule has 9 nitrogen and oxygen atoms in total. The van der Waals surface area contributed by atoms with Crippen LogP contribution in [0.5, 0.6) is 0 Å². The number of amides is 2. The molecule has 9 heteroatoms. The zero-order chi connectivity index (χ0) is 26.9. The Kier molecular flexibility index (Phi) is 25.1. The molecule has 0 unspecified atom stereocenters. The van der Waals surface area contributed by atoms with Gasteiger partial charge in [-0.1, -0.05) is 84.1 Å². The van der Waals surface area contributed by atoms with E-state index in [2.05, 4.69) is 13.8 Å². The molecule has 0 aromatic heterocycles. The first-order valence-electron chi connectivity index (χ1n) is 13.0. The highest BCUT2D eigenvalue weighted by molar-refractivity contribution is 5.81. The fraction of sp³-hybridized carbons (Fsp3) is 0.769. The maximum atomic E-state index is 11.3. The lowest BCUT2D eigenvalue weighted by atomic mass is 10.0. The summed E-state index contributed by atoms with van der Waals surface area (Å²) in [6.45, 7) is 4.40. The molecule has 0 spiro atoms. The first-order chi connectivity index (χ1) is 16.7. The molecule has 0 aliphatic heterocycles. The van der Waals surface area contributed by atoms with Gasteiger partial charge in [-0.3, -0.25) is 9.59 Å². The smallest absolute Gasteiger partial charge is 0.261 e. The van der Waals surface area contributed by atoms with E-state index in [1.54, 1.807) is 12.3 Å². The van der Waals surface area contributed by atoms with Gasteiger partial charge < -0.3 is 37.3 Å². The van der Waals surface area contributed by atoms with Gasteiger partial charge in [0.05, 0.1) is 6.26 Å². The summed E-state index contributed by atoms with van der Waals surface area (Å²) < 4.78 is 5.03. The van der Waals surface area contributed by atoms with Crippen LogP contribution in [0.1, 0.15) is 104 Å². The number of aliphatic hydroxyl groups excluding tert-OH is 3. The summed E-state index contributed by atoms with van der Waals surface area (Å²) in [5, 5.41) is 28.7. The summed E-state index contributed by atoms with van der Waals surface area (Å²) in [5.41, 5.74) is 15.1. The van der Waals surface area contributed by atoms with Crippen molar-refractivity contribution >= 4 is 11.8 Å². The Labute approximate surface area is 211 Å². The summed E-state index contributed by atoms with van der Waals surface area (Å²) in [6.07, 6.45) is 16.1. The highest BCUT2D eigenvalue weighted by atomic mass is 16.5. The van der Waals surface area contributed by atoms with Gasteiger partial charge in [0, 0.05) is 0 Å². The summed E-state index contributed by atoms with van der Waals surface area (Å²) >= 11 is 0. The van der Waals surface area contributed by atoms with E-state index in [9.17, 15) is 24.9 Å². The quantitative estimate of drug-likeness (QED) is 0.103. The average molecular weight is 502 g/mol. The van der Waals surface area contributed by atoms with Crippen LogP contribution in [0.2, 0.25) is 0 Å². The Morgan fingerprint density at radius 1 is 0.714 bits per heavy atom. The molecule has 0 fully saturated rings. The number of carbonyl (C=O) groups is 2. The van der Waals surface area contributed by atoms with Crippen LogP contribution < -0.4 is 17.2 Å². The maximum Gasteiger partial charge on any atom is 0.261 e. The summed E-state index contributed by atoms with van der Waals surface area (Å²) in [6, 6.07) is 0. The van der Waals surface area contributed by atoms with Crippen LogP contribution in [-0.4, -0.2) is 51.5 Å². The molecular weight excluding hydrogens is 450 g/mol. The third-order valence-corrected chi connectivity index (χ3v) is 5.46. The number of nitrogens with two attached hydrogens (primary N) is 3. The SMILES string of the molecule is CCCCCCCC/C=C/N.CCCCCCCC/C=C/O[C@@H](C(N)=O)[C@@H](O)[C@H](O)[C@H](O)C(N)=O. The predicted octanol–water partition coefficient (Wildman–Crippen LogP) is 2.90. The highest BCUT2D eigenvalue weighted by Crippen LogP contribution is 2.11. The van der Waals surface area contributed by atoms with Gasteiger partial charge in [-0.25, -0.2) is 0 Å². The molecule has 0 heterocycles. The van der Waals surface area contributed by atoms with Crippen LogP contribution >= 0.6 is 0 Å². The minimum atomic E-state index is -2.03. The largest absolute Gasteiger partial charge is 0.486 e. The second-order valence-corrected chi connectivity index (χ2v) is 8.70. The zero-order valence-electron chi connectivity index (χ0n) is 21.8. The molecule has 0 rings (SSSR count). The Morgan fingerprint density at radius 3 is 1.60 bits per heavy atom. The first kappa shape index (κ1) is 35.1. The van der Waals surface area contributed by atoms with Crippen LogP contribution in [0, 0.1) is 0 Å². The maximum absolute atomic E-state index is 11.3.